The quantitative estimate of drug-likeness (QED) is 0.378. The third-order valence-corrected chi connectivity index (χ3v) is 6.03. The van der Waals surface area contributed by atoms with Crippen LogP contribution in [0.4, 0.5) is 0 Å². The Balaban J connectivity index is 1.49. The molecule has 0 aliphatic heterocycles. The number of carbonyl (C=O) groups excluding carboxylic acids is 1. The molecule has 0 unspecified atom stereocenters. The van der Waals surface area contributed by atoms with Gasteiger partial charge in [-0.3, -0.25) is 9.78 Å². The second kappa shape index (κ2) is 10.2. The summed E-state index contributed by atoms with van der Waals surface area (Å²) in [4.78, 5) is 21.6. The van der Waals surface area contributed by atoms with Gasteiger partial charge >= 0.3 is 0 Å². The first-order valence-corrected chi connectivity index (χ1v) is 11.3. The average Bonchev–Trinajstić information content (AvgIpc) is 3.09. The Hall–Kier alpha value is -2.89. The lowest BCUT2D eigenvalue weighted by atomic mass is 10.1. The Kier molecular flexibility index (Phi) is 7.08. The van der Waals surface area contributed by atoms with E-state index in [4.69, 9.17) is 28.2 Å². The number of nitrogens with one attached hydrogen (secondary N) is 1. The van der Waals surface area contributed by atoms with Crippen LogP contribution < -0.4 is 5.32 Å². The normalized spacial score (nSPS) is 11.1. The molecular formula is C25H24Cl2N4O. The highest BCUT2D eigenvalue weighted by molar-refractivity contribution is 6.42. The largest absolute Gasteiger partial charge is 0.356 e. The Morgan fingerprint density at radius 3 is 2.69 bits per heavy atom. The molecule has 0 aliphatic carbocycles. The van der Waals surface area contributed by atoms with Gasteiger partial charge in [-0.25, -0.2) is 4.98 Å². The van der Waals surface area contributed by atoms with E-state index in [0.717, 1.165) is 22.6 Å². The molecule has 1 amide bonds. The molecule has 0 atom stereocenters. The monoisotopic (exact) mass is 466 g/mol. The molecule has 0 saturated carbocycles. The van der Waals surface area contributed by atoms with Gasteiger partial charge in [0.1, 0.15) is 5.82 Å². The number of aromatic nitrogens is 3. The molecule has 2 aromatic heterocycles. The lowest BCUT2D eigenvalue weighted by molar-refractivity contribution is -0.121. The first-order valence-electron chi connectivity index (χ1n) is 10.6. The predicted molar refractivity (Wildman–Crippen MR) is 129 cm³/mol. The number of halogens is 2. The molecule has 2 aromatic carbocycles. The lowest BCUT2D eigenvalue weighted by Crippen LogP contribution is -2.27. The molecule has 0 saturated heterocycles. The smallest absolute Gasteiger partial charge is 0.221 e. The van der Waals surface area contributed by atoms with Crippen LogP contribution >= 0.6 is 23.2 Å². The Bertz CT molecular complexity index is 1240. The second-order valence-corrected chi connectivity index (χ2v) is 8.59. The molecule has 0 aliphatic rings. The number of amides is 1. The SMILES string of the molecule is Cc1cccc(Cc2nc3cc(Cl)c(Cl)cc3n2CCC(=O)NCCc2ccccn2)c1. The standard InChI is InChI=1S/C25H24Cl2N4O/c1-17-5-4-6-18(13-17)14-24-30-22-15-20(26)21(27)16-23(22)31(24)12-9-25(32)29-11-8-19-7-2-3-10-28-19/h2-7,10,13,15-16H,8-9,11-12,14H2,1H3,(H,29,32). The molecule has 1 N–H and O–H groups in total. The Morgan fingerprint density at radius 1 is 1.06 bits per heavy atom. The minimum atomic E-state index is -0.00986. The van der Waals surface area contributed by atoms with Crippen LogP contribution in [0, 0.1) is 6.92 Å². The molecule has 4 aromatic rings. The fourth-order valence-corrected chi connectivity index (χ4v) is 4.05. The van der Waals surface area contributed by atoms with E-state index in [2.05, 4.69) is 40.0 Å². The van der Waals surface area contributed by atoms with Gasteiger partial charge in [-0.1, -0.05) is 59.1 Å². The van der Waals surface area contributed by atoms with E-state index in [0.29, 0.717) is 42.4 Å². The van der Waals surface area contributed by atoms with E-state index < -0.39 is 0 Å². The van der Waals surface area contributed by atoms with E-state index in [1.807, 2.05) is 30.3 Å². The number of benzene rings is 2. The van der Waals surface area contributed by atoms with Crippen molar-refractivity contribution in [2.24, 2.45) is 0 Å². The maximum Gasteiger partial charge on any atom is 0.221 e. The highest BCUT2D eigenvalue weighted by Gasteiger charge is 2.15. The van der Waals surface area contributed by atoms with Crippen molar-refractivity contribution in [1.29, 1.82) is 0 Å². The summed E-state index contributed by atoms with van der Waals surface area (Å²) in [5.74, 6) is 0.870. The van der Waals surface area contributed by atoms with Crippen molar-refractivity contribution in [3.05, 3.63) is 93.5 Å². The number of nitrogens with zero attached hydrogens (tertiary/aromatic N) is 3. The number of hydrogen-bond donors (Lipinski definition) is 1. The minimum absolute atomic E-state index is 0.00986. The second-order valence-electron chi connectivity index (χ2n) is 7.77. The first-order chi connectivity index (χ1) is 15.5. The number of aryl methyl sites for hydroxylation is 2. The van der Waals surface area contributed by atoms with Crippen LogP contribution in [0.15, 0.2) is 60.8 Å². The van der Waals surface area contributed by atoms with Crippen molar-refractivity contribution in [2.45, 2.75) is 32.7 Å². The van der Waals surface area contributed by atoms with Gasteiger partial charge in [0.2, 0.25) is 5.91 Å². The number of hydrogen-bond acceptors (Lipinski definition) is 3. The van der Waals surface area contributed by atoms with Crippen LogP contribution in [0.25, 0.3) is 11.0 Å². The molecule has 0 bridgehead atoms. The fourth-order valence-electron chi connectivity index (χ4n) is 3.74. The number of pyridine rings is 1. The lowest BCUT2D eigenvalue weighted by Gasteiger charge is -2.11. The van der Waals surface area contributed by atoms with Gasteiger partial charge in [0.15, 0.2) is 0 Å². The number of carbonyl (C=O) groups is 1. The molecule has 0 spiro atoms. The molecule has 164 valence electrons. The molecule has 2 heterocycles. The topological polar surface area (TPSA) is 59.8 Å². The number of rotatable bonds is 8. The van der Waals surface area contributed by atoms with Gasteiger partial charge in [-0.15, -0.1) is 0 Å². The summed E-state index contributed by atoms with van der Waals surface area (Å²) in [6, 6.07) is 17.7. The summed E-state index contributed by atoms with van der Waals surface area (Å²) in [5.41, 5.74) is 4.98. The van der Waals surface area contributed by atoms with Crippen molar-refractivity contribution in [2.75, 3.05) is 6.54 Å². The van der Waals surface area contributed by atoms with Gasteiger partial charge in [0, 0.05) is 44.2 Å². The van der Waals surface area contributed by atoms with Crippen LogP contribution in [-0.4, -0.2) is 27.0 Å². The van der Waals surface area contributed by atoms with E-state index in [1.165, 1.54) is 11.1 Å². The van der Waals surface area contributed by atoms with Crippen molar-refractivity contribution in [3.63, 3.8) is 0 Å². The zero-order valence-corrected chi connectivity index (χ0v) is 19.3. The average molecular weight is 467 g/mol. The Labute approximate surface area is 197 Å². The summed E-state index contributed by atoms with van der Waals surface area (Å²) in [6.07, 6.45) is 3.46. The first kappa shape index (κ1) is 22.3. The highest BCUT2D eigenvalue weighted by atomic mass is 35.5. The van der Waals surface area contributed by atoms with Crippen LogP contribution in [0.1, 0.15) is 29.1 Å². The third kappa shape index (κ3) is 5.47. The zero-order chi connectivity index (χ0) is 22.5. The van der Waals surface area contributed by atoms with Crippen LogP contribution in [0.5, 0.6) is 0 Å². The van der Waals surface area contributed by atoms with Crippen molar-refractivity contribution < 1.29 is 4.79 Å². The molecule has 0 fully saturated rings. The minimum Gasteiger partial charge on any atom is -0.356 e. The van der Waals surface area contributed by atoms with Gasteiger partial charge in [0.05, 0.1) is 21.1 Å². The molecule has 4 rings (SSSR count). The van der Waals surface area contributed by atoms with Gasteiger partial charge in [-0.2, -0.15) is 0 Å². The zero-order valence-electron chi connectivity index (χ0n) is 17.8. The number of imidazole rings is 1. The van der Waals surface area contributed by atoms with Crippen LogP contribution in [0.2, 0.25) is 10.0 Å². The predicted octanol–water partition coefficient (Wildman–Crippen LogP) is 5.39. The Morgan fingerprint density at radius 2 is 1.91 bits per heavy atom. The molecule has 5 nitrogen and oxygen atoms in total. The van der Waals surface area contributed by atoms with E-state index in [1.54, 1.807) is 12.3 Å². The molecule has 32 heavy (non-hydrogen) atoms. The van der Waals surface area contributed by atoms with Gasteiger partial charge < -0.3 is 9.88 Å². The van der Waals surface area contributed by atoms with Crippen molar-refractivity contribution in [3.8, 4) is 0 Å². The molecule has 0 radical (unpaired) electrons. The van der Waals surface area contributed by atoms with Crippen molar-refractivity contribution in [1.82, 2.24) is 19.9 Å². The summed E-state index contributed by atoms with van der Waals surface area (Å²) in [5, 5.41) is 3.92. The highest BCUT2D eigenvalue weighted by Crippen LogP contribution is 2.29. The van der Waals surface area contributed by atoms with E-state index >= 15 is 0 Å². The van der Waals surface area contributed by atoms with Gasteiger partial charge in [0.25, 0.3) is 0 Å². The molecular weight excluding hydrogens is 443 g/mol. The maximum atomic E-state index is 12.5. The summed E-state index contributed by atoms with van der Waals surface area (Å²) in [7, 11) is 0. The van der Waals surface area contributed by atoms with Crippen LogP contribution in [0.3, 0.4) is 0 Å². The van der Waals surface area contributed by atoms with Crippen molar-refractivity contribution >= 4 is 40.1 Å². The van der Waals surface area contributed by atoms with E-state index in [9.17, 15) is 4.79 Å². The summed E-state index contributed by atoms with van der Waals surface area (Å²) in [6.45, 7) is 3.13. The van der Waals surface area contributed by atoms with E-state index in [-0.39, 0.29) is 5.91 Å². The third-order valence-electron chi connectivity index (χ3n) is 5.31. The summed E-state index contributed by atoms with van der Waals surface area (Å²) < 4.78 is 2.07. The van der Waals surface area contributed by atoms with Crippen LogP contribution in [-0.2, 0) is 24.2 Å². The number of fused-ring (bicyclic) bond motifs is 1. The summed E-state index contributed by atoms with van der Waals surface area (Å²) >= 11 is 12.5. The van der Waals surface area contributed by atoms with Gasteiger partial charge in [-0.05, 0) is 36.8 Å². The maximum absolute atomic E-state index is 12.5. The fraction of sp³-hybridized carbons (Fsp3) is 0.240. The molecule has 7 heteroatoms.